The first kappa shape index (κ1) is 18.7. The van der Waals surface area contributed by atoms with Crippen LogP contribution in [0, 0.1) is 5.82 Å². The maximum absolute atomic E-state index is 13.4. The number of para-hydroxylation sites is 1. The molecule has 3 aromatic rings. The highest BCUT2D eigenvalue weighted by molar-refractivity contribution is 7.99. The van der Waals surface area contributed by atoms with E-state index in [1.165, 1.54) is 48.7 Å². The number of aryl methyl sites for hydroxylation is 1. The van der Waals surface area contributed by atoms with Crippen molar-refractivity contribution in [3.05, 3.63) is 53.5 Å². The highest BCUT2D eigenvalue weighted by Gasteiger charge is 2.43. The molecule has 1 saturated heterocycles. The first-order valence-corrected chi connectivity index (χ1v) is 12.1. The van der Waals surface area contributed by atoms with Crippen LogP contribution in [0.2, 0.25) is 0 Å². The molecule has 156 valence electrons. The summed E-state index contributed by atoms with van der Waals surface area (Å²) < 4.78 is 13.4. The van der Waals surface area contributed by atoms with E-state index in [0.29, 0.717) is 12.0 Å². The number of nitrogens with zero attached hydrogens (tertiary/aromatic N) is 3. The van der Waals surface area contributed by atoms with Crippen molar-refractivity contribution in [3.8, 4) is 0 Å². The molecular formula is C24H27FN4S. The van der Waals surface area contributed by atoms with E-state index in [-0.39, 0.29) is 5.82 Å². The highest BCUT2D eigenvalue weighted by Crippen LogP contribution is 2.50. The zero-order valence-corrected chi connectivity index (χ0v) is 17.9. The first-order valence-electron chi connectivity index (χ1n) is 11.1. The Hall–Kier alpha value is -2.05. The molecule has 1 N–H and O–H groups in total. The number of likely N-dealkylation sites (tertiary alicyclic amines) is 1. The van der Waals surface area contributed by atoms with Crippen molar-refractivity contribution in [2.75, 3.05) is 36.8 Å². The number of piperidine rings is 1. The fourth-order valence-corrected chi connectivity index (χ4v) is 6.76. The summed E-state index contributed by atoms with van der Waals surface area (Å²) in [6.45, 7) is 4.67. The van der Waals surface area contributed by atoms with E-state index >= 15 is 0 Å². The van der Waals surface area contributed by atoms with E-state index in [4.69, 9.17) is 0 Å². The molecule has 3 aliphatic heterocycles. The number of rotatable bonds is 4. The number of aromatic nitrogens is 2. The molecule has 6 heteroatoms. The molecule has 0 aliphatic carbocycles. The van der Waals surface area contributed by atoms with E-state index in [0.717, 1.165) is 42.5 Å². The van der Waals surface area contributed by atoms with Gasteiger partial charge < -0.3 is 9.80 Å². The normalized spacial score (nSPS) is 23.4. The molecule has 0 saturated carbocycles. The smallest absolute Gasteiger partial charge is 0.125 e. The lowest BCUT2D eigenvalue weighted by Crippen LogP contribution is -2.46. The molecule has 4 heterocycles. The molecule has 4 nitrogen and oxygen atoms in total. The molecule has 1 aromatic heterocycles. The zero-order chi connectivity index (χ0) is 20.1. The number of nitrogens with one attached hydrogen (secondary N) is 1. The van der Waals surface area contributed by atoms with Crippen molar-refractivity contribution >= 4 is 28.4 Å². The summed E-state index contributed by atoms with van der Waals surface area (Å²) in [4.78, 5) is 6.88. The van der Waals surface area contributed by atoms with Crippen molar-refractivity contribution in [2.24, 2.45) is 0 Å². The maximum atomic E-state index is 13.4. The van der Waals surface area contributed by atoms with Crippen molar-refractivity contribution < 1.29 is 4.39 Å². The topological polar surface area (TPSA) is 35.2 Å². The molecule has 0 unspecified atom stereocenters. The van der Waals surface area contributed by atoms with Crippen LogP contribution in [0.5, 0.6) is 0 Å². The van der Waals surface area contributed by atoms with Crippen molar-refractivity contribution in [1.82, 2.24) is 15.1 Å². The largest absolute Gasteiger partial charge is 0.367 e. The van der Waals surface area contributed by atoms with Crippen LogP contribution < -0.4 is 4.90 Å². The van der Waals surface area contributed by atoms with E-state index in [2.05, 4.69) is 38.2 Å². The fourth-order valence-electron chi connectivity index (χ4n) is 5.72. The Labute approximate surface area is 180 Å². The Morgan fingerprint density at radius 2 is 2.17 bits per heavy atom. The van der Waals surface area contributed by atoms with Gasteiger partial charge in [0.2, 0.25) is 0 Å². The fraction of sp³-hybridized carbons (Fsp3) is 0.458. The minimum absolute atomic E-state index is 0.226. The van der Waals surface area contributed by atoms with Crippen LogP contribution in [0.3, 0.4) is 0 Å². The second kappa shape index (κ2) is 7.57. The zero-order valence-electron chi connectivity index (χ0n) is 17.1. The molecule has 3 aliphatic rings. The summed E-state index contributed by atoms with van der Waals surface area (Å²) in [5.41, 5.74) is 4.98. The van der Waals surface area contributed by atoms with E-state index in [9.17, 15) is 4.39 Å². The van der Waals surface area contributed by atoms with Crippen LogP contribution in [0.1, 0.15) is 36.4 Å². The number of hydrogen-bond acceptors (Lipinski definition) is 4. The predicted octanol–water partition coefficient (Wildman–Crippen LogP) is 4.81. The standard InChI is InChI=1S/C24H27FN4S/c25-16-7-8-18-20(26-27-21(18)14-16)5-2-10-28-12-9-22-19(15-28)17-4-1-6-23-24(17)29(22)11-3-13-30-23/h1,4,6-8,14,19,22H,2-3,5,9-13,15H2,(H,26,27)/t19-,22-/m0/s1. The van der Waals surface area contributed by atoms with Gasteiger partial charge in [-0.3, -0.25) is 5.10 Å². The predicted molar refractivity (Wildman–Crippen MR) is 121 cm³/mol. The van der Waals surface area contributed by atoms with Crippen LogP contribution in [-0.2, 0) is 6.42 Å². The van der Waals surface area contributed by atoms with Gasteiger partial charge in [0, 0.05) is 53.6 Å². The summed E-state index contributed by atoms with van der Waals surface area (Å²) in [7, 11) is 0. The number of thioether (sulfide) groups is 1. The van der Waals surface area contributed by atoms with Gasteiger partial charge in [0.05, 0.1) is 11.2 Å². The molecule has 2 aromatic carbocycles. The van der Waals surface area contributed by atoms with Crippen LogP contribution in [0.25, 0.3) is 10.9 Å². The summed E-state index contributed by atoms with van der Waals surface area (Å²) in [6.07, 6.45) is 4.60. The molecule has 30 heavy (non-hydrogen) atoms. The Morgan fingerprint density at radius 1 is 1.20 bits per heavy atom. The van der Waals surface area contributed by atoms with Gasteiger partial charge in [-0.1, -0.05) is 12.1 Å². The van der Waals surface area contributed by atoms with Gasteiger partial charge in [-0.25, -0.2) is 4.39 Å². The Kier molecular flexibility index (Phi) is 4.72. The van der Waals surface area contributed by atoms with E-state index in [1.807, 2.05) is 17.8 Å². The number of benzene rings is 2. The van der Waals surface area contributed by atoms with E-state index < -0.39 is 0 Å². The number of hydrogen-bond donors (Lipinski definition) is 1. The van der Waals surface area contributed by atoms with E-state index in [1.54, 1.807) is 11.3 Å². The molecular weight excluding hydrogens is 395 g/mol. The Balaban J connectivity index is 1.14. The Morgan fingerprint density at radius 3 is 3.13 bits per heavy atom. The summed E-state index contributed by atoms with van der Waals surface area (Å²) >= 11 is 2.04. The van der Waals surface area contributed by atoms with Crippen LogP contribution in [-0.4, -0.2) is 53.1 Å². The van der Waals surface area contributed by atoms with Crippen LogP contribution in [0.15, 0.2) is 41.3 Å². The average molecular weight is 423 g/mol. The summed E-state index contributed by atoms with van der Waals surface area (Å²) in [6, 6.07) is 12.5. The minimum Gasteiger partial charge on any atom is -0.367 e. The van der Waals surface area contributed by atoms with Gasteiger partial charge in [0.15, 0.2) is 0 Å². The third kappa shape index (κ3) is 3.12. The van der Waals surface area contributed by atoms with Gasteiger partial charge in [-0.05, 0) is 61.7 Å². The number of halogens is 1. The third-order valence-electron chi connectivity index (χ3n) is 7.08. The van der Waals surface area contributed by atoms with Crippen molar-refractivity contribution in [3.63, 3.8) is 0 Å². The van der Waals surface area contributed by atoms with Gasteiger partial charge in [0.25, 0.3) is 0 Å². The average Bonchev–Trinajstić information content (AvgIpc) is 3.21. The number of aromatic amines is 1. The second-order valence-corrected chi connectivity index (χ2v) is 9.96. The molecule has 2 atom stereocenters. The van der Waals surface area contributed by atoms with Crippen molar-refractivity contribution in [1.29, 1.82) is 0 Å². The van der Waals surface area contributed by atoms with Gasteiger partial charge in [0.1, 0.15) is 5.82 Å². The summed E-state index contributed by atoms with van der Waals surface area (Å²) in [5.74, 6) is 1.66. The van der Waals surface area contributed by atoms with Crippen LogP contribution >= 0.6 is 11.8 Å². The second-order valence-electron chi connectivity index (χ2n) is 8.82. The highest BCUT2D eigenvalue weighted by atomic mass is 32.2. The summed E-state index contributed by atoms with van der Waals surface area (Å²) in [5, 5.41) is 8.43. The lowest BCUT2D eigenvalue weighted by Gasteiger charge is -2.39. The lowest BCUT2D eigenvalue weighted by molar-refractivity contribution is 0.191. The number of fused-ring (bicyclic) bond motifs is 4. The SMILES string of the molecule is Fc1ccc2c(CCCN3CC[C@H]4[C@@H](C3)c3cccc5c3N4CCCS5)[nH]nc2c1. The molecule has 0 bridgehead atoms. The molecule has 6 rings (SSSR count). The molecule has 0 radical (unpaired) electrons. The number of H-pyrrole nitrogens is 1. The monoisotopic (exact) mass is 422 g/mol. The molecule has 0 amide bonds. The van der Waals surface area contributed by atoms with Gasteiger partial charge in [-0.15, -0.1) is 11.8 Å². The van der Waals surface area contributed by atoms with Crippen molar-refractivity contribution in [2.45, 2.75) is 42.5 Å². The van der Waals surface area contributed by atoms with Gasteiger partial charge >= 0.3 is 0 Å². The lowest BCUT2D eigenvalue weighted by atomic mass is 9.89. The Bertz CT molecular complexity index is 1080. The minimum atomic E-state index is -0.226. The molecule has 1 fully saturated rings. The van der Waals surface area contributed by atoms with Crippen LogP contribution in [0.4, 0.5) is 10.1 Å². The quantitative estimate of drug-likeness (QED) is 0.655. The molecule has 0 spiro atoms. The maximum Gasteiger partial charge on any atom is 0.125 e. The third-order valence-corrected chi connectivity index (χ3v) is 8.21. The van der Waals surface area contributed by atoms with Gasteiger partial charge in [-0.2, -0.15) is 5.10 Å². The first-order chi connectivity index (χ1) is 14.8. The number of anilines is 1.